The van der Waals surface area contributed by atoms with Crippen LogP contribution in [-0.2, 0) is 11.2 Å². The number of benzene rings is 1. The van der Waals surface area contributed by atoms with Crippen molar-refractivity contribution >= 4 is 15.9 Å². The zero-order chi connectivity index (χ0) is 13.9. The summed E-state index contributed by atoms with van der Waals surface area (Å²) in [6, 6.07) is 4.54. The predicted octanol–water partition coefficient (Wildman–Crippen LogP) is 2.17. The molecule has 1 aliphatic rings. The summed E-state index contributed by atoms with van der Waals surface area (Å²) in [5.74, 6) is 0.555. The first-order valence-corrected chi connectivity index (χ1v) is 7.11. The lowest BCUT2D eigenvalue weighted by molar-refractivity contribution is 0.0744. The van der Waals surface area contributed by atoms with Gasteiger partial charge in [-0.25, -0.2) is 4.39 Å². The second kappa shape index (κ2) is 5.99. The highest BCUT2D eigenvalue weighted by molar-refractivity contribution is 9.10. The predicted molar refractivity (Wildman–Crippen MR) is 73.7 cm³/mol. The van der Waals surface area contributed by atoms with Crippen molar-refractivity contribution in [2.75, 3.05) is 19.8 Å². The summed E-state index contributed by atoms with van der Waals surface area (Å²) in [6.45, 7) is 2.17. The number of hydrogen-bond acceptors (Lipinski definition) is 5. The van der Waals surface area contributed by atoms with Crippen molar-refractivity contribution in [3.8, 4) is 11.4 Å². The third-order valence-corrected chi connectivity index (χ3v) is 3.75. The molecular weight excluding hydrogens is 329 g/mol. The van der Waals surface area contributed by atoms with Crippen molar-refractivity contribution in [1.29, 1.82) is 0 Å². The lowest BCUT2D eigenvalue weighted by atomic mass is 10.2. The first kappa shape index (κ1) is 13.7. The maximum atomic E-state index is 13.3. The number of ether oxygens (including phenoxy) is 1. The Morgan fingerprint density at radius 3 is 3.15 bits per heavy atom. The number of hydrogen-bond donors (Lipinski definition) is 1. The van der Waals surface area contributed by atoms with E-state index in [9.17, 15) is 4.39 Å². The molecule has 1 atom stereocenters. The Balaban J connectivity index is 1.77. The second-order valence-corrected chi connectivity index (χ2v) is 5.42. The monoisotopic (exact) mass is 341 g/mol. The average Bonchev–Trinajstić information content (AvgIpc) is 2.91. The molecule has 20 heavy (non-hydrogen) atoms. The summed E-state index contributed by atoms with van der Waals surface area (Å²) in [5.41, 5.74) is 0.577. The molecule has 1 N–H and O–H groups in total. The van der Waals surface area contributed by atoms with Gasteiger partial charge in [-0.15, -0.1) is 0 Å². The van der Waals surface area contributed by atoms with E-state index < -0.39 is 0 Å². The maximum absolute atomic E-state index is 13.3. The molecule has 0 spiro atoms. The van der Waals surface area contributed by atoms with E-state index in [2.05, 4.69) is 31.4 Å². The lowest BCUT2D eigenvalue weighted by Crippen LogP contribution is -2.42. The Morgan fingerprint density at radius 2 is 2.35 bits per heavy atom. The standard InChI is InChI=1S/C13H13BrFN3O2/c14-11-2-1-8(15)5-10(11)13-17-12(20-18-13)6-9-7-19-4-3-16-9/h1-2,5,9,16H,3-4,6-7H2. The Kier molecular flexibility index (Phi) is 4.09. The Hall–Kier alpha value is -1.31. The molecular formula is C13H13BrFN3O2. The van der Waals surface area contributed by atoms with Crippen LogP contribution in [0.5, 0.6) is 0 Å². The van der Waals surface area contributed by atoms with Crippen molar-refractivity contribution in [1.82, 2.24) is 15.5 Å². The van der Waals surface area contributed by atoms with E-state index in [1.54, 1.807) is 6.07 Å². The van der Waals surface area contributed by atoms with Crippen LogP contribution in [0.15, 0.2) is 27.2 Å². The largest absolute Gasteiger partial charge is 0.378 e. The van der Waals surface area contributed by atoms with Gasteiger partial charge in [0.15, 0.2) is 0 Å². The third kappa shape index (κ3) is 3.05. The van der Waals surface area contributed by atoms with Crippen LogP contribution < -0.4 is 5.32 Å². The molecule has 1 fully saturated rings. The van der Waals surface area contributed by atoms with Crippen LogP contribution in [0.2, 0.25) is 0 Å². The van der Waals surface area contributed by atoms with Gasteiger partial charge in [0.2, 0.25) is 11.7 Å². The van der Waals surface area contributed by atoms with Crippen molar-refractivity contribution in [2.45, 2.75) is 12.5 Å². The van der Waals surface area contributed by atoms with E-state index in [0.29, 0.717) is 30.3 Å². The van der Waals surface area contributed by atoms with E-state index in [4.69, 9.17) is 9.26 Å². The molecule has 3 rings (SSSR count). The van der Waals surface area contributed by atoms with Crippen LogP contribution in [0.4, 0.5) is 4.39 Å². The zero-order valence-corrected chi connectivity index (χ0v) is 12.2. The Bertz CT molecular complexity index is 599. The SMILES string of the molecule is Fc1ccc(Br)c(-c2noc(CC3COCCN3)n2)c1. The van der Waals surface area contributed by atoms with Crippen molar-refractivity contribution in [3.05, 3.63) is 34.4 Å². The number of nitrogens with one attached hydrogen (secondary N) is 1. The zero-order valence-electron chi connectivity index (χ0n) is 10.6. The average molecular weight is 342 g/mol. The molecule has 0 saturated carbocycles. The molecule has 0 radical (unpaired) electrons. The molecule has 7 heteroatoms. The van der Waals surface area contributed by atoms with Crippen LogP contribution in [0, 0.1) is 5.82 Å². The molecule has 1 unspecified atom stereocenters. The van der Waals surface area contributed by atoms with Crippen molar-refractivity contribution in [2.24, 2.45) is 0 Å². The molecule has 0 amide bonds. The molecule has 0 bridgehead atoms. The van der Waals surface area contributed by atoms with Gasteiger partial charge in [-0.1, -0.05) is 21.1 Å². The van der Waals surface area contributed by atoms with Gasteiger partial charge in [0.25, 0.3) is 0 Å². The molecule has 2 aromatic rings. The van der Waals surface area contributed by atoms with Crippen LogP contribution in [0.25, 0.3) is 11.4 Å². The van der Waals surface area contributed by atoms with Crippen LogP contribution >= 0.6 is 15.9 Å². The molecule has 1 aromatic carbocycles. The lowest BCUT2D eigenvalue weighted by Gasteiger charge is -2.22. The second-order valence-electron chi connectivity index (χ2n) is 4.57. The summed E-state index contributed by atoms with van der Waals surface area (Å²) in [6.07, 6.45) is 0.597. The fourth-order valence-electron chi connectivity index (χ4n) is 2.08. The highest BCUT2D eigenvalue weighted by Crippen LogP contribution is 2.26. The van der Waals surface area contributed by atoms with Gasteiger partial charge in [-0.3, -0.25) is 0 Å². The quantitative estimate of drug-likeness (QED) is 0.926. The smallest absolute Gasteiger partial charge is 0.228 e. The highest BCUT2D eigenvalue weighted by atomic mass is 79.9. The molecule has 2 heterocycles. The topological polar surface area (TPSA) is 60.2 Å². The summed E-state index contributed by atoms with van der Waals surface area (Å²) in [7, 11) is 0. The summed E-state index contributed by atoms with van der Waals surface area (Å²) in [5, 5.41) is 7.22. The van der Waals surface area contributed by atoms with Gasteiger partial charge in [0.1, 0.15) is 5.82 Å². The number of halogens is 2. The minimum absolute atomic E-state index is 0.174. The molecule has 0 aliphatic carbocycles. The first-order valence-electron chi connectivity index (χ1n) is 6.31. The minimum Gasteiger partial charge on any atom is -0.378 e. The van der Waals surface area contributed by atoms with Crippen LogP contribution in [0.1, 0.15) is 5.89 Å². The van der Waals surface area contributed by atoms with E-state index in [0.717, 1.165) is 17.6 Å². The summed E-state index contributed by atoms with van der Waals surface area (Å²) < 4.78 is 24.6. The van der Waals surface area contributed by atoms with E-state index in [-0.39, 0.29) is 11.9 Å². The number of nitrogens with zero attached hydrogens (tertiary/aromatic N) is 2. The van der Waals surface area contributed by atoms with Gasteiger partial charge in [-0.2, -0.15) is 4.98 Å². The maximum Gasteiger partial charge on any atom is 0.228 e. The highest BCUT2D eigenvalue weighted by Gasteiger charge is 2.18. The van der Waals surface area contributed by atoms with Crippen LogP contribution in [0.3, 0.4) is 0 Å². The fourth-order valence-corrected chi connectivity index (χ4v) is 2.50. The molecule has 5 nitrogen and oxygen atoms in total. The Labute approximate surface area is 123 Å². The normalized spacial score (nSPS) is 19.2. The minimum atomic E-state index is -0.336. The Morgan fingerprint density at radius 1 is 1.45 bits per heavy atom. The number of aromatic nitrogens is 2. The van der Waals surface area contributed by atoms with E-state index in [1.807, 2.05) is 0 Å². The summed E-state index contributed by atoms with van der Waals surface area (Å²) >= 11 is 3.35. The molecule has 106 valence electrons. The van der Waals surface area contributed by atoms with Gasteiger partial charge in [-0.05, 0) is 18.2 Å². The molecule has 1 saturated heterocycles. The van der Waals surface area contributed by atoms with Crippen molar-refractivity contribution < 1.29 is 13.7 Å². The number of rotatable bonds is 3. The van der Waals surface area contributed by atoms with E-state index >= 15 is 0 Å². The van der Waals surface area contributed by atoms with E-state index in [1.165, 1.54) is 12.1 Å². The molecule has 1 aromatic heterocycles. The number of morpholine rings is 1. The van der Waals surface area contributed by atoms with Gasteiger partial charge < -0.3 is 14.6 Å². The van der Waals surface area contributed by atoms with Gasteiger partial charge >= 0.3 is 0 Å². The third-order valence-electron chi connectivity index (χ3n) is 3.06. The van der Waals surface area contributed by atoms with Gasteiger partial charge in [0.05, 0.1) is 13.2 Å². The van der Waals surface area contributed by atoms with Crippen LogP contribution in [-0.4, -0.2) is 35.9 Å². The summed E-state index contributed by atoms with van der Waals surface area (Å²) in [4.78, 5) is 4.31. The molecule has 1 aliphatic heterocycles. The van der Waals surface area contributed by atoms with Crippen molar-refractivity contribution in [3.63, 3.8) is 0 Å². The van der Waals surface area contributed by atoms with Gasteiger partial charge in [0, 0.05) is 29.0 Å². The first-order chi connectivity index (χ1) is 9.72. The fraction of sp³-hybridized carbons (Fsp3) is 0.385.